The summed E-state index contributed by atoms with van der Waals surface area (Å²) in [6, 6.07) is 6.06. The van der Waals surface area contributed by atoms with Crippen molar-refractivity contribution in [3.05, 3.63) is 29.8 Å². The number of nitrogens with one attached hydrogen (secondary N) is 1. The van der Waals surface area contributed by atoms with E-state index in [1.165, 1.54) is 19.1 Å². The zero-order chi connectivity index (χ0) is 13.1. The summed E-state index contributed by atoms with van der Waals surface area (Å²) in [6.07, 6.45) is 0.729. The molecule has 1 amide bonds. The molecule has 4 nitrogen and oxygen atoms in total. The molecule has 1 rings (SSSR count). The van der Waals surface area contributed by atoms with Crippen LogP contribution in [0.25, 0.3) is 0 Å². The molecule has 0 aliphatic heterocycles. The van der Waals surface area contributed by atoms with E-state index in [0.717, 1.165) is 12.0 Å². The first-order valence-electron chi connectivity index (χ1n) is 5.16. The summed E-state index contributed by atoms with van der Waals surface area (Å²) in [4.78, 5) is 11.0. The molecule has 94 valence electrons. The lowest BCUT2D eigenvalue weighted by Gasteiger charge is -2.16. The molecule has 0 unspecified atom stereocenters. The standard InChI is InChI=1S/C11H14ClNO3S/c1-3-11(13-8(2)14)9-4-6-10(7-5-9)17(12,15)16/h4-7,11H,3H2,1-2H3,(H,13,14)/t11-/m0/s1. The molecular formula is C11H14ClNO3S. The van der Waals surface area contributed by atoms with Gasteiger partial charge in [-0.1, -0.05) is 19.1 Å². The largest absolute Gasteiger partial charge is 0.350 e. The monoisotopic (exact) mass is 275 g/mol. The first kappa shape index (κ1) is 14.0. The molecule has 0 radical (unpaired) electrons. The number of hydrogen-bond acceptors (Lipinski definition) is 3. The zero-order valence-electron chi connectivity index (χ0n) is 9.60. The molecule has 0 saturated carbocycles. The van der Waals surface area contributed by atoms with Crippen LogP contribution in [0.4, 0.5) is 0 Å². The van der Waals surface area contributed by atoms with Gasteiger partial charge in [0.1, 0.15) is 0 Å². The fraction of sp³-hybridized carbons (Fsp3) is 0.364. The molecule has 1 atom stereocenters. The summed E-state index contributed by atoms with van der Waals surface area (Å²) >= 11 is 0. The van der Waals surface area contributed by atoms with Crippen LogP contribution in [0, 0.1) is 0 Å². The number of hydrogen-bond donors (Lipinski definition) is 1. The van der Waals surface area contributed by atoms with Gasteiger partial charge in [0.15, 0.2) is 0 Å². The second kappa shape index (κ2) is 5.51. The maximum atomic E-state index is 11.1. The lowest BCUT2D eigenvalue weighted by molar-refractivity contribution is -0.119. The van der Waals surface area contributed by atoms with E-state index >= 15 is 0 Å². The first-order valence-corrected chi connectivity index (χ1v) is 7.47. The lowest BCUT2D eigenvalue weighted by atomic mass is 10.0. The second-order valence-electron chi connectivity index (χ2n) is 3.67. The molecule has 0 saturated heterocycles. The Labute approximate surface area is 105 Å². The van der Waals surface area contributed by atoms with E-state index in [0.29, 0.717) is 0 Å². The van der Waals surface area contributed by atoms with Crippen LogP contribution in [0.2, 0.25) is 0 Å². The Morgan fingerprint density at radius 1 is 1.35 bits per heavy atom. The quantitative estimate of drug-likeness (QED) is 0.857. The molecule has 0 heterocycles. The number of amides is 1. The van der Waals surface area contributed by atoms with Crippen LogP contribution in [0.15, 0.2) is 29.2 Å². The van der Waals surface area contributed by atoms with Crippen LogP contribution in [-0.2, 0) is 13.8 Å². The van der Waals surface area contributed by atoms with Crippen LogP contribution in [0.1, 0.15) is 31.9 Å². The van der Waals surface area contributed by atoms with Gasteiger partial charge in [-0.15, -0.1) is 0 Å². The highest BCUT2D eigenvalue weighted by atomic mass is 35.7. The van der Waals surface area contributed by atoms with Crippen molar-refractivity contribution in [2.24, 2.45) is 0 Å². The van der Waals surface area contributed by atoms with Crippen molar-refractivity contribution in [3.8, 4) is 0 Å². The van der Waals surface area contributed by atoms with Crippen LogP contribution < -0.4 is 5.32 Å². The van der Waals surface area contributed by atoms with Crippen molar-refractivity contribution < 1.29 is 13.2 Å². The highest BCUT2D eigenvalue weighted by Gasteiger charge is 2.13. The Bertz CT molecular complexity index is 496. The van der Waals surface area contributed by atoms with Crippen LogP contribution in [0.5, 0.6) is 0 Å². The lowest BCUT2D eigenvalue weighted by Crippen LogP contribution is -2.25. The average Bonchev–Trinajstić information content (AvgIpc) is 2.24. The number of halogens is 1. The maximum Gasteiger partial charge on any atom is 0.261 e. The molecule has 1 N–H and O–H groups in total. The van der Waals surface area contributed by atoms with Gasteiger partial charge in [-0.3, -0.25) is 4.79 Å². The number of benzene rings is 1. The highest BCUT2D eigenvalue weighted by Crippen LogP contribution is 2.20. The molecule has 1 aromatic rings. The van der Waals surface area contributed by atoms with Crippen molar-refractivity contribution in [2.75, 3.05) is 0 Å². The highest BCUT2D eigenvalue weighted by molar-refractivity contribution is 8.13. The smallest absolute Gasteiger partial charge is 0.261 e. The van der Waals surface area contributed by atoms with E-state index in [4.69, 9.17) is 10.7 Å². The maximum absolute atomic E-state index is 11.1. The Hall–Kier alpha value is -1.07. The summed E-state index contributed by atoms with van der Waals surface area (Å²) < 4.78 is 22.1. The Morgan fingerprint density at radius 3 is 2.24 bits per heavy atom. The molecule has 0 aliphatic rings. The zero-order valence-corrected chi connectivity index (χ0v) is 11.2. The Morgan fingerprint density at radius 2 is 1.88 bits per heavy atom. The molecule has 1 aromatic carbocycles. The number of carbonyl (C=O) groups excluding carboxylic acids is 1. The first-order chi connectivity index (χ1) is 7.84. The minimum Gasteiger partial charge on any atom is -0.350 e. The molecule has 0 bridgehead atoms. The number of carbonyl (C=O) groups is 1. The van der Waals surface area contributed by atoms with Crippen LogP contribution >= 0.6 is 10.7 Å². The minimum absolute atomic E-state index is 0.0561. The van der Waals surface area contributed by atoms with E-state index in [-0.39, 0.29) is 16.8 Å². The van der Waals surface area contributed by atoms with Gasteiger partial charge in [-0.2, -0.15) is 0 Å². The molecule has 0 aliphatic carbocycles. The third kappa shape index (κ3) is 4.02. The van der Waals surface area contributed by atoms with E-state index < -0.39 is 9.05 Å². The van der Waals surface area contributed by atoms with Gasteiger partial charge in [0.2, 0.25) is 5.91 Å². The third-order valence-corrected chi connectivity index (χ3v) is 3.72. The van der Waals surface area contributed by atoms with Gasteiger partial charge >= 0.3 is 0 Å². The Balaban J connectivity index is 2.97. The molecule has 0 aromatic heterocycles. The van der Waals surface area contributed by atoms with Crippen molar-refractivity contribution >= 4 is 25.6 Å². The van der Waals surface area contributed by atoms with E-state index in [2.05, 4.69) is 5.32 Å². The van der Waals surface area contributed by atoms with Crippen LogP contribution in [0.3, 0.4) is 0 Å². The van der Waals surface area contributed by atoms with Gasteiger partial charge in [0, 0.05) is 17.6 Å². The molecule has 6 heteroatoms. The van der Waals surface area contributed by atoms with Gasteiger partial charge in [0.05, 0.1) is 10.9 Å². The molecule has 0 fully saturated rings. The van der Waals surface area contributed by atoms with Gasteiger partial charge < -0.3 is 5.32 Å². The fourth-order valence-electron chi connectivity index (χ4n) is 1.53. The summed E-state index contributed by atoms with van der Waals surface area (Å²) in [5.41, 5.74) is 0.853. The molecule has 17 heavy (non-hydrogen) atoms. The van der Waals surface area contributed by atoms with E-state index in [1.54, 1.807) is 12.1 Å². The van der Waals surface area contributed by atoms with Gasteiger partial charge in [-0.05, 0) is 24.1 Å². The summed E-state index contributed by atoms with van der Waals surface area (Å²) in [6.45, 7) is 3.38. The van der Waals surface area contributed by atoms with Crippen molar-refractivity contribution in [1.29, 1.82) is 0 Å². The molecular weight excluding hydrogens is 262 g/mol. The van der Waals surface area contributed by atoms with E-state index in [9.17, 15) is 13.2 Å². The van der Waals surface area contributed by atoms with Gasteiger partial charge in [0.25, 0.3) is 9.05 Å². The average molecular weight is 276 g/mol. The predicted molar refractivity (Wildman–Crippen MR) is 66.3 cm³/mol. The predicted octanol–water partition coefficient (Wildman–Crippen LogP) is 2.20. The van der Waals surface area contributed by atoms with Crippen molar-refractivity contribution in [2.45, 2.75) is 31.2 Å². The van der Waals surface area contributed by atoms with Crippen LogP contribution in [-0.4, -0.2) is 14.3 Å². The van der Waals surface area contributed by atoms with Crippen molar-refractivity contribution in [1.82, 2.24) is 5.32 Å². The van der Waals surface area contributed by atoms with Gasteiger partial charge in [-0.25, -0.2) is 8.42 Å². The fourth-order valence-corrected chi connectivity index (χ4v) is 2.30. The normalized spacial score (nSPS) is 13.1. The minimum atomic E-state index is -3.69. The van der Waals surface area contributed by atoms with Crippen molar-refractivity contribution in [3.63, 3.8) is 0 Å². The summed E-state index contributed by atoms with van der Waals surface area (Å²) in [5, 5.41) is 2.78. The third-order valence-electron chi connectivity index (χ3n) is 2.35. The number of rotatable bonds is 4. The second-order valence-corrected chi connectivity index (χ2v) is 6.23. The summed E-state index contributed by atoms with van der Waals surface area (Å²) in [5.74, 6) is -0.120. The SMILES string of the molecule is CC[C@H](NC(C)=O)c1ccc(S(=O)(=O)Cl)cc1. The summed E-state index contributed by atoms with van der Waals surface area (Å²) in [7, 11) is 1.52. The van der Waals surface area contributed by atoms with E-state index in [1.807, 2.05) is 6.92 Å². The topological polar surface area (TPSA) is 63.2 Å². The Kier molecular flexibility index (Phi) is 4.54. The molecule has 0 spiro atoms.